The minimum atomic E-state index is -0.383. The van der Waals surface area contributed by atoms with E-state index in [0.29, 0.717) is 22.5 Å². The molecule has 0 unspecified atom stereocenters. The van der Waals surface area contributed by atoms with E-state index in [9.17, 15) is 9.90 Å². The van der Waals surface area contributed by atoms with Crippen molar-refractivity contribution >= 4 is 28.4 Å². The van der Waals surface area contributed by atoms with Gasteiger partial charge in [0.25, 0.3) is 5.91 Å². The van der Waals surface area contributed by atoms with Crippen LogP contribution in [0.15, 0.2) is 76.3 Å². The fourth-order valence-electron chi connectivity index (χ4n) is 2.94. The molecular weight excluding hydrogens is 366 g/mol. The van der Waals surface area contributed by atoms with Crippen LogP contribution in [0, 0.1) is 13.8 Å². The van der Waals surface area contributed by atoms with Crippen molar-refractivity contribution in [3.05, 3.63) is 89.1 Å². The first-order valence-electron chi connectivity index (χ1n) is 9.11. The Morgan fingerprint density at radius 3 is 2.72 bits per heavy atom. The molecule has 4 aromatic rings. The van der Waals surface area contributed by atoms with Crippen molar-refractivity contribution in [1.82, 2.24) is 4.98 Å². The van der Waals surface area contributed by atoms with Crippen LogP contribution in [0.5, 0.6) is 5.75 Å². The van der Waals surface area contributed by atoms with E-state index in [1.807, 2.05) is 32.0 Å². The number of hydrogen-bond acceptors (Lipinski definition) is 5. The Hall–Kier alpha value is -3.93. The molecule has 0 aliphatic heterocycles. The maximum absolute atomic E-state index is 13.0. The average Bonchev–Trinajstić information content (AvgIpc) is 2.71. The Morgan fingerprint density at radius 1 is 1.07 bits per heavy atom. The predicted molar refractivity (Wildman–Crippen MR) is 111 cm³/mol. The number of aromatic nitrogens is 1. The van der Waals surface area contributed by atoms with Crippen molar-refractivity contribution < 1.29 is 14.3 Å². The van der Waals surface area contributed by atoms with E-state index in [1.165, 1.54) is 6.07 Å². The van der Waals surface area contributed by atoms with Gasteiger partial charge in [0.15, 0.2) is 0 Å². The van der Waals surface area contributed by atoms with Crippen LogP contribution in [0.4, 0.5) is 11.5 Å². The number of anilines is 1. The highest BCUT2D eigenvalue weighted by Crippen LogP contribution is 2.23. The summed E-state index contributed by atoms with van der Waals surface area (Å²) < 4.78 is 5.92. The van der Waals surface area contributed by atoms with Gasteiger partial charge in [-0.25, -0.2) is 9.98 Å². The third kappa shape index (κ3) is 3.87. The van der Waals surface area contributed by atoms with Gasteiger partial charge >= 0.3 is 0 Å². The number of pyridine rings is 1. The highest BCUT2D eigenvalue weighted by Gasteiger charge is 2.14. The minimum absolute atomic E-state index is 0.0737. The number of aryl methyl sites for hydroxylation is 1. The second kappa shape index (κ2) is 7.59. The Labute approximate surface area is 167 Å². The lowest BCUT2D eigenvalue weighted by Crippen LogP contribution is -2.22. The predicted octanol–water partition coefficient (Wildman–Crippen LogP) is 4.63. The van der Waals surface area contributed by atoms with Crippen molar-refractivity contribution in [3.63, 3.8) is 0 Å². The molecule has 0 spiro atoms. The maximum atomic E-state index is 13.0. The summed E-state index contributed by atoms with van der Waals surface area (Å²) in [6.07, 6.45) is 1.60. The summed E-state index contributed by atoms with van der Waals surface area (Å²) >= 11 is 0. The second-order valence-electron chi connectivity index (χ2n) is 6.69. The van der Waals surface area contributed by atoms with Gasteiger partial charge in [0.1, 0.15) is 22.7 Å². The highest BCUT2D eigenvalue weighted by molar-refractivity contribution is 6.05. The van der Waals surface area contributed by atoms with E-state index in [4.69, 9.17) is 4.42 Å². The summed E-state index contributed by atoms with van der Waals surface area (Å²) in [5.41, 5.74) is 3.66. The van der Waals surface area contributed by atoms with Gasteiger partial charge in [0.2, 0.25) is 5.55 Å². The van der Waals surface area contributed by atoms with Crippen LogP contribution in [0.1, 0.15) is 21.5 Å². The molecule has 0 saturated heterocycles. The van der Waals surface area contributed by atoms with E-state index in [2.05, 4.69) is 15.3 Å². The van der Waals surface area contributed by atoms with Crippen LogP contribution in [-0.2, 0) is 0 Å². The van der Waals surface area contributed by atoms with Crippen LogP contribution >= 0.6 is 0 Å². The summed E-state index contributed by atoms with van der Waals surface area (Å²) in [7, 11) is 0. The molecule has 1 amide bonds. The summed E-state index contributed by atoms with van der Waals surface area (Å²) in [6, 6.07) is 17.5. The molecule has 29 heavy (non-hydrogen) atoms. The molecular formula is C23H19N3O3. The van der Waals surface area contributed by atoms with Crippen LogP contribution in [-0.4, -0.2) is 16.0 Å². The standard InChI is InChI=1S/C23H19N3O3/c1-14-6-5-7-19(15(14)2)25-23-18(22(28)26-21-8-3-4-11-24-21)12-16-9-10-17(27)13-20(16)29-23/h3-13,27H,1-2H3,(H,24,26,28). The van der Waals surface area contributed by atoms with Gasteiger partial charge in [0, 0.05) is 17.6 Å². The molecule has 2 aromatic heterocycles. The maximum Gasteiger partial charge on any atom is 0.262 e. The van der Waals surface area contributed by atoms with Gasteiger partial charge in [-0.15, -0.1) is 0 Å². The zero-order chi connectivity index (χ0) is 20.4. The fourth-order valence-corrected chi connectivity index (χ4v) is 2.94. The first-order valence-corrected chi connectivity index (χ1v) is 9.11. The molecule has 0 radical (unpaired) electrons. The quantitative estimate of drug-likeness (QED) is 0.538. The number of hydrogen-bond donors (Lipinski definition) is 2. The van der Waals surface area contributed by atoms with Gasteiger partial charge in [-0.2, -0.15) is 0 Å². The lowest BCUT2D eigenvalue weighted by atomic mass is 10.1. The normalized spacial score (nSPS) is 11.6. The Balaban J connectivity index is 1.90. The number of phenols is 1. The smallest absolute Gasteiger partial charge is 0.262 e. The molecule has 0 fully saturated rings. The van der Waals surface area contributed by atoms with Crippen molar-refractivity contribution in [1.29, 1.82) is 0 Å². The van der Waals surface area contributed by atoms with E-state index in [0.717, 1.165) is 11.1 Å². The van der Waals surface area contributed by atoms with Crippen LogP contribution in [0.25, 0.3) is 11.0 Å². The summed E-state index contributed by atoms with van der Waals surface area (Å²) in [5.74, 6) is 0.122. The molecule has 4 rings (SSSR count). The van der Waals surface area contributed by atoms with Crippen LogP contribution < -0.4 is 10.9 Å². The second-order valence-corrected chi connectivity index (χ2v) is 6.69. The molecule has 6 nitrogen and oxygen atoms in total. The number of aromatic hydroxyl groups is 1. The monoisotopic (exact) mass is 385 g/mol. The number of benzene rings is 2. The number of amides is 1. The molecule has 0 aliphatic carbocycles. The molecule has 2 heterocycles. The largest absolute Gasteiger partial charge is 0.508 e. The van der Waals surface area contributed by atoms with E-state index < -0.39 is 0 Å². The number of fused-ring (bicyclic) bond motifs is 1. The number of phenolic OH excluding ortho intramolecular Hbond substituents is 1. The average molecular weight is 385 g/mol. The van der Waals surface area contributed by atoms with Crippen LogP contribution in [0.2, 0.25) is 0 Å². The first-order chi connectivity index (χ1) is 14.0. The summed E-state index contributed by atoms with van der Waals surface area (Å²) in [4.78, 5) is 21.7. The number of nitrogens with zero attached hydrogens (tertiary/aromatic N) is 2. The number of carbonyl (C=O) groups is 1. The first kappa shape index (κ1) is 18.4. The van der Waals surface area contributed by atoms with Crippen molar-refractivity contribution in [3.8, 4) is 5.75 Å². The molecule has 144 valence electrons. The van der Waals surface area contributed by atoms with Gasteiger partial charge in [-0.3, -0.25) is 4.79 Å². The number of carbonyl (C=O) groups excluding carboxylic acids is 1. The highest BCUT2D eigenvalue weighted by atomic mass is 16.3. The number of rotatable bonds is 3. The fraction of sp³-hybridized carbons (Fsp3) is 0.0870. The third-order valence-electron chi connectivity index (χ3n) is 4.68. The Morgan fingerprint density at radius 2 is 1.93 bits per heavy atom. The van der Waals surface area contributed by atoms with Gasteiger partial charge in [-0.05, 0) is 61.4 Å². The molecule has 0 atom stereocenters. The lowest BCUT2D eigenvalue weighted by molar-refractivity contribution is 0.102. The number of nitrogens with one attached hydrogen (secondary N) is 1. The molecule has 0 bridgehead atoms. The van der Waals surface area contributed by atoms with E-state index in [-0.39, 0.29) is 22.8 Å². The molecule has 6 heteroatoms. The zero-order valence-corrected chi connectivity index (χ0v) is 16.0. The minimum Gasteiger partial charge on any atom is -0.508 e. The van der Waals surface area contributed by atoms with Crippen molar-refractivity contribution in [2.75, 3.05) is 5.32 Å². The molecule has 0 aliphatic rings. The summed E-state index contributed by atoms with van der Waals surface area (Å²) in [6.45, 7) is 3.97. The van der Waals surface area contributed by atoms with Gasteiger partial charge in [-0.1, -0.05) is 18.2 Å². The molecule has 2 N–H and O–H groups in total. The van der Waals surface area contributed by atoms with E-state index >= 15 is 0 Å². The third-order valence-corrected chi connectivity index (χ3v) is 4.68. The molecule has 0 saturated carbocycles. The SMILES string of the molecule is Cc1cccc(N=c2oc3cc(O)ccc3cc2C(=O)Nc2ccccn2)c1C. The zero-order valence-electron chi connectivity index (χ0n) is 16.0. The topological polar surface area (TPSA) is 87.7 Å². The van der Waals surface area contributed by atoms with Crippen molar-refractivity contribution in [2.45, 2.75) is 13.8 Å². The van der Waals surface area contributed by atoms with Gasteiger partial charge < -0.3 is 14.8 Å². The van der Waals surface area contributed by atoms with Crippen LogP contribution in [0.3, 0.4) is 0 Å². The Kier molecular flexibility index (Phi) is 4.83. The Bertz CT molecular complexity index is 1280. The van der Waals surface area contributed by atoms with Gasteiger partial charge in [0.05, 0.1) is 5.69 Å². The van der Waals surface area contributed by atoms with E-state index in [1.54, 1.807) is 42.6 Å². The molecule has 2 aromatic carbocycles. The lowest BCUT2D eigenvalue weighted by Gasteiger charge is -2.08. The summed E-state index contributed by atoms with van der Waals surface area (Å²) in [5, 5.41) is 13.2. The van der Waals surface area contributed by atoms with Crippen molar-refractivity contribution in [2.24, 2.45) is 4.99 Å².